The summed E-state index contributed by atoms with van der Waals surface area (Å²) in [5.41, 5.74) is 3.31. The molecule has 0 bridgehead atoms. The second-order valence-corrected chi connectivity index (χ2v) is 15.7. The number of rotatable bonds is 19. The van der Waals surface area contributed by atoms with Crippen LogP contribution in [-0.4, -0.2) is 91.5 Å². The fourth-order valence-corrected chi connectivity index (χ4v) is 7.67. The van der Waals surface area contributed by atoms with E-state index in [0.29, 0.717) is 0 Å². The van der Waals surface area contributed by atoms with Gasteiger partial charge in [0.15, 0.2) is 24.8 Å². The van der Waals surface area contributed by atoms with E-state index in [1.807, 2.05) is 91.0 Å². The highest BCUT2D eigenvalue weighted by molar-refractivity contribution is 5.90. The Morgan fingerprint density at radius 1 is 0.424 bits per heavy atom. The van der Waals surface area contributed by atoms with E-state index in [2.05, 4.69) is 0 Å². The van der Waals surface area contributed by atoms with Crippen LogP contribution in [0.3, 0.4) is 0 Å². The summed E-state index contributed by atoms with van der Waals surface area (Å²) in [6.45, 7) is 0.157. The van der Waals surface area contributed by atoms with E-state index in [9.17, 15) is 19.5 Å². The van der Waals surface area contributed by atoms with Crippen LogP contribution >= 0.6 is 0 Å². The van der Waals surface area contributed by atoms with Gasteiger partial charge in [-0.2, -0.15) is 0 Å². The number of aliphatic hydroxyl groups excluding tert-OH is 1. The van der Waals surface area contributed by atoms with E-state index in [-0.39, 0.29) is 43.1 Å². The van der Waals surface area contributed by atoms with Crippen LogP contribution in [-0.2, 0) is 62.5 Å². The smallest absolute Gasteiger partial charge is 0.338 e. The second kappa shape index (κ2) is 23.1. The molecular weight excluding hydrogens is 845 g/mol. The van der Waals surface area contributed by atoms with Crippen LogP contribution in [0.4, 0.5) is 0 Å². The van der Waals surface area contributed by atoms with Crippen molar-refractivity contribution >= 4 is 17.9 Å². The van der Waals surface area contributed by atoms with Gasteiger partial charge in [0.05, 0.1) is 43.1 Å². The van der Waals surface area contributed by atoms with Crippen molar-refractivity contribution < 1.29 is 62.1 Å². The maximum absolute atomic E-state index is 14.0. The van der Waals surface area contributed by atoms with E-state index in [4.69, 9.17) is 42.6 Å². The molecule has 0 saturated carbocycles. The van der Waals surface area contributed by atoms with Gasteiger partial charge in [0.2, 0.25) is 0 Å². The monoisotopic (exact) mass is 894 g/mol. The van der Waals surface area contributed by atoms with Crippen molar-refractivity contribution in [3.05, 3.63) is 215 Å². The zero-order valence-corrected chi connectivity index (χ0v) is 35.9. The van der Waals surface area contributed by atoms with E-state index >= 15 is 0 Å². The summed E-state index contributed by atoms with van der Waals surface area (Å²) < 4.78 is 57.3. The summed E-state index contributed by atoms with van der Waals surface area (Å²) in [5, 5.41) is 11.7. The molecule has 66 heavy (non-hydrogen) atoms. The molecule has 2 aliphatic rings. The van der Waals surface area contributed by atoms with Crippen LogP contribution in [0.5, 0.6) is 0 Å². The van der Waals surface area contributed by atoms with Crippen LogP contribution in [0.25, 0.3) is 0 Å². The van der Waals surface area contributed by atoms with Crippen LogP contribution in [0.15, 0.2) is 182 Å². The minimum atomic E-state index is -1.89. The zero-order valence-electron chi connectivity index (χ0n) is 35.9. The number of hydrogen-bond donors (Lipinski definition) is 1. The molecule has 8 rings (SSSR count). The van der Waals surface area contributed by atoms with Gasteiger partial charge in [-0.1, -0.05) is 146 Å². The first-order valence-electron chi connectivity index (χ1n) is 21.7. The van der Waals surface area contributed by atoms with Crippen molar-refractivity contribution in [2.45, 2.75) is 75.1 Å². The number of benzene rings is 6. The Labute approximate surface area is 382 Å². The lowest BCUT2D eigenvalue weighted by atomic mass is 9.97. The molecule has 2 saturated heterocycles. The normalized spacial score (nSPS) is 23.7. The Morgan fingerprint density at radius 2 is 0.833 bits per heavy atom. The third-order valence-electron chi connectivity index (χ3n) is 11.0. The van der Waals surface area contributed by atoms with Gasteiger partial charge in [0, 0.05) is 0 Å². The Bertz CT molecular complexity index is 2410. The molecule has 2 aliphatic heterocycles. The Hall–Kier alpha value is -6.55. The molecule has 6 aromatic rings. The van der Waals surface area contributed by atoms with Crippen molar-refractivity contribution in [2.24, 2.45) is 0 Å². The lowest BCUT2D eigenvalue weighted by Gasteiger charge is -2.44. The molecule has 9 atom stereocenters. The van der Waals surface area contributed by atoms with Crippen LogP contribution < -0.4 is 0 Å². The first-order chi connectivity index (χ1) is 32.4. The minimum absolute atomic E-state index is 0.0567. The number of carbonyl (C=O) groups excluding carboxylic acids is 3. The van der Waals surface area contributed by atoms with E-state index in [0.717, 1.165) is 16.7 Å². The van der Waals surface area contributed by atoms with Gasteiger partial charge in [0.1, 0.15) is 37.1 Å². The maximum Gasteiger partial charge on any atom is 0.338 e. The molecular formula is C53H50O13. The van der Waals surface area contributed by atoms with Gasteiger partial charge in [-0.3, -0.25) is 0 Å². The first-order valence-corrected chi connectivity index (χ1v) is 21.7. The highest BCUT2D eigenvalue weighted by atomic mass is 16.8. The standard InChI is InChI=1S/C53H50O13/c54-49(39-25-13-4-14-26-39)61-35-43-45(46(64-50(55)40-27-15-5-16-28-40)47(52(57)62-43)65-51(56)41-29-17-6-18-30-41)66-53-48(60-33-38-23-11-3-12-24-38)44(59-32-37-21-9-2-10-22-37)42(63-53)34-58-31-36-19-7-1-8-20-36/h1-30,42-48,52-53,57H,31-35H2/t42-,43-,44-,45-,46+,47+,48+,52+,53+/m1/s1. The molecule has 2 heterocycles. The van der Waals surface area contributed by atoms with Gasteiger partial charge in [-0.05, 0) is 53.1 Å². The quantitative estimate of drug-likeness (QED) is 0.0631. The molecule has 0 spiro atoms. The van der Waals surface area contributed by atoms with Gasteiger partial charge in [0.25, 0.3) is 0 Å². The molecule has 13 heteroatoms. The summed E-state index contributed by atoms with van der Waals surface area (Å²) in [4.78, 5) is 41.1. The Balaban J connectivity index is 1.15. The maximum atomic E-state index is 14.0. The Morgan fingerprint density at radius 3 is 1.33 bits per heavy atom. The molecule has 1 N–H and O–H groups in total. The topological polar surface area (TPSA) is 155 Å². The third-order valence-corrected chi connectivity index (χ3v) is 11.0. The van der Waals surface area contributed by atoms with Crippen molar-refractivity contribution in [1.29, 1.82) is 0 Å². The number of aliphatic hydroxyl groups is 1. The zero-order chi connectivity index (χ0) is 45.5. The predicted molar refractivity (Wildman–Crippen MR) is 239 cm³/mol. The van der Waals surface area contributed by atoms with E-state index < -0.39 is 79.8 Å². The van der Waals surface area contributed by atoms with Gasteiger partial charge in [-0.15, -0.1) is 0 Å². The van der Waals surface area contributed by atoms with Gasteiger partial charge in [-0.25, -0.2) is 14.4 Å². The van der Waals surface area contributed by atoms with Crippen LogP contribution in [0, 0.1) is 0 Å². The fraction of sp³-hybridized carbons (Fsp3) is 0.264. The molecule has 0 radical (unpaired) electrons. The third kappa shape index (κ3) is 12.2. The molecule has 340 valence electrons. The van der Waals surface area contributed by atoms with Gasteiger partial charge >= 0.3 is 17.9 Å². The molecule has 6 aromatic carbocycles. The van der Waals surface area contributed by atoms with Crippen molar-refractivity contribution in [1.82, 2.24) is 0 Å². The first kappa shape index (κ1) is 46.0. The second-order valence-electron chi connectivity index (χ2n) is 15.7. The summed E-state index contributed by atoms with van der Waals surface area (Å²) in [6, 6.07) is 53.5. The van der Waals surface area contributed by atoms with Crippen molar-refractivity contribution in [3.63, 3.8) is 0 Å². The van der Waals surface area contributed by atoms with Crippen molar-refractivity contribution in [2.75, 3.05) is 13.2 Å². The van der Waals surface area contributed by atoms with Crippen LogP contribution in [0.1, 0.15) is 47.8 Å². The highest BCUT2D eigenvalue weighted by Crippen LogP contribution is 2.36. The average Bonchev–Trinajstić information content (AvgIpc) is 3.70. The lowest BCUT2D eigenvalue weighted by Crippen LogP contribution is -2.63. The SMILES string of the molecule is O=C(OC[C@H]1O[C@H](O)[C@@H](OC(=O)c2ccccc2)[C@@H](OC(=O)c2ccccc2)[C@@H]1O[C@@H]1O[C@H](COCc2ccccc2)[C@@H](OCc2ccccc2)[C@@H]1OCc1ccccc1)c1ccccc1. The minimum Gasteiger partial charge on any atom is -0.459 e. The summed E-state index contributed by atoms with van der Waals surface area (Å²) in [6.07, 6.45) is -11.7. The number of esters is 3. The summed E-state index contributed by atoms with van der Waals surface area (Å²) >= 11 is 0. The molecule has 0 aliphatic carbocycles. The predicted octanol–water partition coefficient (Wildman–Crippen LogP) is 7.51. The molecule has 2 fully saturated rings. The molecule has 13 nitrogen and oxygen atoms in total. The Kier molecular flexibility index (Phi) is 16.1. The highest BCUT2D eigenvalue weighted by Gasteiger charge is 2.55. The number of carbonyl (C=O) groups is 3. The van der Waals surface area contributed by atoms with Crippen molar-refractivity contribution in [3.8, 4) is 0 Å². The van der Waals surface area contributed by atoms with Gasteiger partial charge < -0.3 is 47.7 Å². The summed E-state index contributed by atoms with van der Waals surface area (Å²) in [5.74, 6) is -2.33. The molecule has 0 aromatic heterocycles. The number of hydrogen-bond acceptors (Lipinski definition) is 13. The molecule has 0 amide bonds. The van der Waals surface area contributed by atoms with Crippen LogP contribution in [0.2, 0.25) is 0 Å². The number of ether oxygens (including phenoxy) is 9. The molecule has 0 unspecified atom stereocenters. The van der Waals surface area contributed by atoms with E-state index in [1.165, 1.54) is 0 Å². The lowest BCUT2D eigenvalue weighted by molar-refractivity contribution is -0.320. The fourth-order valence-electron chi connectivity index (χ4n) is 7.67. The largest absolute Gasteiger partial charge is 0.459 e. The van der Waals surface area contributed by atoms with E-state index in [1.54, 1.807) is 91.0 Å². The summed E-state index contributed by atoms with van der Waals surface area (Å²) in [7, 11) is 0. The average molecular weight is 895 g/mol.